The molecule has 2 nitrogen and oxygen atoms in total. The first-order valence-corrected chi connectivity index (χ1v) is 14.7. The summed E-state index contributed by atoms with van der Waals surface area (Å²) in [6.07, 6.45) is 5.22. The molecule has 0 atom stereocenters. The van der Waals surface area contributed by atoms with Crippen molar-refractivity contribution in [3.63, 3.8) is 0 Å². The Balaban J connectivity index is 0.00000171. The van der Waals surface area contributed by atoms with E-state index in [9.17, 15) is 0 Å². The minimum absolute atomic E-state index is 0. The van der Waals surface area contributed by atoms with Gasteiger partial charge >= 0.3 is 190 Å². The van der Waals surface area contributed by atoms with Crippen molar-refractivity contribution in [2.75, 3.05) is 6.79 Å². The Kier molecular flexibility index (Phi) is 8.81. The van der Waals surface area contributed by atoms with Crippen LogP contribution in [0.5, 0.6) is 0 Å². The molecular formula is C25H27Cl2O2SiZr. The molecule has 2 aliphatic carbocycles. The quantitative estimate of drug-likeness (QED) is 0.341. The van der Waals surface area contributed by atoms with Crippen molar-refractivity contribution in [1.29, 1.82) is 0 Å². The molecule has 161 valence electrons. The van der Waals surface area contributed by atoms with Gasteiger partial charge in [0, 0.05) is 0 Å². The monoisotopic (exact) mass is 547 g/mol. The van der Waals surface area contributed by atoms with Gasteiger partial charge in [-0.3, -0.25) is 0 Å². The maximum absolute atomic E-state index is 6.15. The maximum atomic E-state index is 6.15. The van der Waals surface area contributed by atoms with Crippen LogP contribution in [0.2, 0.25) is 19.6 Å². The van der Waals surface area contributed by atoms with Crippen molar-refractivity contribution >= 4 is 22.7 Å². The summed E-state index contributed by atoms with van der Waals surface area (Å²) in [5, 5.41) is 5.41. The van der Waals surface area contributed by atoms with Crippen LogP contribution in [-0.2, 0) is 33.9 Å². The molecule has 0 heterocycles. The van der Waals surface area contributed by atoms with E-state index in [0.29, 0.717) is 6.79 Å². The normalized spacial score (nSPS) is 14.1. The molecule has 0 amide bonds. The number of hydrogen-bond donors (Lipinski definition) is 0. The van der Waals surface area contributed by atoms with Crippen LogP contribution in [0.4, 0.5) is 0 Å². The summed E-state index contributed by atoms with van der Waals surface area (Å²) in [5.74, 6) is 0.957. The van der Waals surface area contributed by atoms with E-state index >= 15 is 0 Å². The molecule has 0 aliphatic heterocycles. The van der Waals surface area contributed by atoms with Crippen molar-refractivity contribution in [2.24, 2.45) is 0 Å². The fraction of sp³-hybridized carbons (Fsp3) is 0.280. The Morgan fingerprint density at radius 3 is 2.26 bits per heavy atom. The summed E-state index contributed by atoms with van der Waals surface area (Å²) in [4.78, 5) is 0. The molecule has 0 unspecified atom stereocenters. The first-order chi connectivity index (χ1) is 13.8. The third-order valence-electron chi connectivity index (χ3n) is 5.38. The van der Waals surface area contributed by atoms with Gasteiger partial charge in [-0.1, -0.05) is 0 Å². The zero-order valence-corrected chi connectivity index (χ0v) is 23.6. The second-order valence-electron chi connectivity index (χ2n) is 8.80. The summed E-state index contributed by atoms with van der Waals surface area (Å²) in [6, 6.07) is 13.4. The molecule has 0 radical (unpaired) electrons. The van der Waals surface area contributed by atoms with Gasteiger partial charge in [-0.25, -0.2) is 0 Å². The Hall–Kier alpha value is -0.900. The molecule has 6 heteroatoms. The van der Waals surface area contributed by atoms with Gasteiger partial charge in [0.1, 0.15) is 0 Å². The summed E-state index contributed by atoms with van der Waals surface area (Å²) >= 11 is 1.45. The number of allylic oxidation sites excluding steroid dienone is 3. The van der Waals surface area contributed by atoms with Crippen LogP contribution < -0.4 is 35.3 Å². The molecule has 2 aliphatic rings. The van der Waals surface area contributed by atoms with Crippen LogP contribution >= 0.6 is 0 Å². The first kappa shape index (κ1) is 26.4. The van der Waals surface area contributed by atoms with Crippen molar-refractivity contribution in [3.8, 4) is 0 Å². The van der Waals surface area contributed by atoms with E-state index in [1.807, 2.05) is 0 Å². The van der Waals surface area contributed by atoms with Gasteiger partial charge in [-0.2, -0.15) is 0 Å². The average molecular weight is 550 g/mol. The Bertz CT molecular complexity index is 1270. The van der Waals surface area contributed by atoms with Crippen molar-refractivity contribution in [2.45, 2.75) is 39.9 Å². The molecule has 4 rings (SSSR count). The van der Waals surface area contributed by atoms with Gasteiger partial charge in [0.15, 0.2) is 0 Å². The predicted molar refractivity (Wildman–Crippen MR) is 118 cm³/mol. The van der Waals surface area contributed by atoms with Crippen LogP contribution in [-0.4, -0.2) is 15.1 Å². The van der Waals surface area contributed by atoms with Crippen molar-refractivity contribution in [1.82, 2.24) is 0 Å². The Morgan fingerprint density at radius 2 is 1.61 bits per heavy atom. The van der Waals surface area contributed by atoms with Crippen molar-refractivity contribution in [3.05, 3.63) is 86.3 Å². The number of fused-ring (bicyclic) bond motifs is 2. The van der Waals surface area contributed by atoms with E-state index in [1.165, 1.54) is 71.1 Å². The molecule has 0 saturated carbocycles. The van der Waals surface area contributed by atoms with Gasteiger partial charge in [-0.05, 0) is 0 Å². The predicted octanol–water partition coefficient (Wildman–Crippen LogP) is -1.31. The minimum Gasteiger partial charge on any atom is -1.00 e. The standard InChI is InChI=1S/C25H27O2Si.2ClH.Zr/c1-17(2)19-13-14-21-20-10-7-6-9-18(20)15-23(21)25(19)22-11-8-12-24(22)26-16-27-28(3,4)5;;;/h6-10,12-14H,11,16H2,1-5H3;2*1H;/q;;;+2/p-2. The topological polar surface area (TPSA) is 18.5 Å². The van der Waals surface area contributed by atoms with E-state index in [2.05, 4.69) is 82.0 Å². The Morgan fingerprint density at radius 1 is 0.935 bits per heavy atom. The average Bonchev–Trinajstić information content (AvgIpc) is 3.24. The van der Waals surface area contributed by atoms with E-state index in [4.69, 9.17) is 9.16 Å². The number of rotatable bonds is 5. The van der Waals surface area contributed by atoms with Crippen molar-refractivity contribution < 1.29 is 58.7 Å². The third kappa shape index (κ3) is 5.20. The van der Waals surface area contributed by atoms with Crippen LogP contribution in [0.25, 0.3) is 14.4 Å². The fourth-order valence-corrected chi connectivity index (χ4v) is 5.59. The van der Waals surface area contributed by atoms with Gasteiger partial charge < -0.3 is 24.8 Å². The summed E-state index contributed by atoms with van der Waals surface area (Å²) in [7, 11) is -1.61. The molecule has 2 aromatic rings. The maximum Gasteiger partial charge on any atom is -1.00 e. The van der Waals surface area contributed by atoms with Crippen LogP contribution in [0.15, 0.2) is 54.3 Å². The molecule has 0 N–H and O–H groups in total. The van der Waals surface area contributed by atoms with Crippen LogP contribution in [0.1, 0.15) is 31.4 Å². The Labute approximate surface area is 213 Å². The van der Waals surface area contributed by atoms with Crippen LogP contribution in [0.3, 0.4) is 0 Å². The molecular weight excluding hydrogens is 522 g/mol. The second kappa shape index (κ2) is 10.4. The second-order valence-corrected chi connectivity index (χ2v) is 14.5. The minimum atomic E-state index is -1.61. The molecule has 31 heavy (non-hydrogen) atoms. The smallest absolute Gasteiger partial charge is 1.00 e. The zero-order valence-electron chi connectivity index (χ0n) is 18.6. The fourth-order valence-electron chi connectivity index (χ4n) is 4.00. The summed E-state index contributed by atoms with van der Waals surface area (Å²) < 4.78 is 13.5. The summed E-state index contributed by atoms with van der Waals surface area (Å²) in [5.41, 5.74) is 5.36. The number of halogens is 2. The van der Waals surface area contributed by atoms with E-state index in [0.717, 1.165) is 12.2 Å². The molecule has 0 fully saturated rings. The van der Waals surface area contributed by atoms with Gasteiger partial charge in [0.25, 0.3) is 0 Å². The molecule has 0 aromatic heterocycles. The SMILES string of the molecule is CC(C)=c1ccc2c(c1C1=C(OCO[Si](C)(C)C)C=CC1)[C]([Zr+2])=c1ccccc1=2.[Cl-].[Cl-]. The number of ether oxygens (including phenoxy) is 1. The first-order valence-electron chi connectivity index (χ1n) is 10.1. The molecule has 2 aromatic carbocycles. The van der Waals surface area contributed by atoms with Gasteiger partial charge in [0.2, 0.25) is 0 Å². The third-order valence-corrected chi connectivity index (χ3v) is 7.64. The van der Waals surface area contributed by atoms with Crippen LogP contribution in [0, 0.1) is 10.4 Å². The molecule has 0 bridgehead atoms. The van der Waals surface area contributed by atoms with E-state index in [1.54, 1.807) is 0 Å². The number of benzene rings is 2. The molecule has 0 spiro atoms. The van der Waals surface area contributed by atoms with E-state index < -0.39 is 8.32 Å². The zero-order chi connectivity index (χ0) is 20.8. The van der Waals surface area contributed by atoms with E-state index in [-0.39, 0.29) is 24.8 Å². The van der Waals surface area contributed by atoms with Gasteiger partial charge in [0.05, 0.1) is 0 Å². The largest absolute Gasteiger partial charge is 1.00 e. The molecule has 0 saturated heterocycles. The number of hydrogen-bond acceptors (Lipinski definition) is 2. The van der Waals surface area contributed by atoms with Gasteiger partial charge in [-0.15, -0.1) is 0 Å². The summed E-state index contributed by atoms with van der Waals surface area (Å²) in [6.45, 7) is 11.3.